The van der Waals surface area contributed by atoms with Crippen molar-refractivity contribution >= 4 is 5.91 Å². The molecule has 0 aliphatic carbocycles. The summed E-state index contributed by atoms with van der Waals surface area (Å²) in [7, 11) is 0. The third-order valence-electron chi connectivity index (χ3n) is 6.65. The molecule has 0 spiro atoms. The highest BCUT2D eigenvalue weighted by Crippen LogP contribution is 2.38. The van der Waals surface area contributed by atoms with Gasteiger partial charge >= 0.3 is 0 Å². The Hall–Kier alpha value is -1.46. The maximum absolute atomic E-state index is 13.7. The zero-order valence-corrected chi connectivity index (χ0v) is 16.0. The molecule has 148 valence electrons. The molecular formula is C22H30FNO3. The number of rotatable bonds is 4. The lowest BCUT2D eigenvalue weighted by atomic mass is 9.72. The first-order chi connectivity index (χ1) is 13.2. The number of nitrogens with zero attached hydrogens (tertiary/aromatic N) is 1. The molecule has 0 aromatic heterocycles. The fourth-order valence-corrected chi connectivity index (χ4v) is 5.10. The molecule has 0 N–H and O–H groups in total. The van der Waals surface area contributed by atoms with Crippen LogP contribution in [0, 0.1) is 17.7 Å². The Kier molecular flexibility index (Phi) is 5.79. The SMILES string of the molecule is O=C(N1CCCC(CC2CCOC2)C1)C1(c2ccc(F)cc2)CCOCC1. The lowest BCUT2D eigenvalue weighted by Gasteiger charge is -2.43. The first kappa shape index (κ1) is 18.9. The molecule has 0 radical (unpaired) electrons. The predicted molar refractivity (Wildman–Crippen MR) is 101 cm³/mol. The molecule has 27 heavy (non-hydrogen) atoms. The van der Waals surface area contributed by atoms with E-state index in [1.165, 1.54) is 18.6 Å². The predicted octanol–water partition coefficient (Wildman–Crippen LogP) is 3.54. The van der Waals surface area contributed by atoms with Gasteiger partial charge in [-0.1, -0.05) is 12.1 Å². The summed E-state index contributed by atoms with van der Waals surface area (Å²) in [6, 6.07) is 6.52. The number of carbonyl (C=O) groups excluding carboxylic acids is 1. The number of amides is 1. The van der Waals surface area contributed by atoms with E-state index >= 15 is 0 Å². The first-order valence-corrected chi connectivity index (χ1v) is 10.4. The van der Waals surface area contributed by atoms with Gasteiger partial charge in [0.15, 0.2) is 0 Å². The number of piperidine rings is 1. The first-order valence-electron chi connectivity index (χ1n) is 10.4. The van der Waals surface area contributed by atoms with Crippen LogP contribution in [-0.4, -0.2) is 50.3 Å². The normalized spacial score (nSPS) is 28.3. The van der Waals surface area contributed by atoms with Crippen molar-refractivity contribution in [2.24, 2.45) is 11.8 Å². The number of benzene rings is 1. The van der Waals surface area contributed by atoms with Crippen LogP contribution in [0.4, 0.5) is 4.39 Å². The minimum absolute atomic E-state index is 0.213. The molecule has 5 heteroatoms. The Morgan fingerprint density at radius 1 is 1.07 bits per heavy atom. The van der Waals surface area contributed by atoms with Crippen LogP contribution in [0.2, 0.25) is 0 Å². The van der Waals surface area contributed by atoms with Crippen LogP contribution in [0.3, 0.4) is 0 Å². The molecule has 1 amide bonds. The van der Waals surface area contributed by atoms with Gasteiger partial charge in [-0.3, -0.25) is 4.79 Å². The molecule has 1 aromatic rings. The molecule has 4 nitrogen and oxygen atoms in total. The van der Waals surface area contributed by atoms with Gasteiger partial charge in [-0.25, -0.2) is 4.39 Å². The van der Waals surface area contributed by atoms with E-state index in [9.17, 15) is 9.18 Å². The number of likely N-dealkylation sites (tertiary alicyclic amines) is 1. The molecule has 3 fully saturated rings. The van der Waals surface area contributed by atoms with E-state index in [4.69, 9.17) is 9.47 Å². The van der Waals surface area contributed by atoms with Crippen molar-refractivity contribution < 1.29 is 18.7 Å². The Labute approximate surface area is 161 Å². The molecule has 0 bridgehead atoms. The van der Waals surface area contributed by atoms with Gasteiger partial charge in [0.2, 0.25) is 5.91 Å². The van der Waals surface area contributed by atoms with Gasteiger partial charge in [-0.05, 0) is 68.1 Å². The highest BCUT2D eigenvalue weighted by Gasteiger charge is 2.45. The fraction of sp³-hybridized carbons (Fsp3) is 0.682. The van der Waals surface area contributed by atoms with Crippen LogP contribution in [0.25, 0.3) is 0 Å². The third kappa shape index (κ3) is 4.04. The third-order valence-corrected chi connectivity index (χ3v) is 6.65. The number of ether oxygens (including phenoxy) is 2. The highest BCUT2D eigenvalue weighted by molar-refractivity contribution is 5.88. The van der Waals surface area contributed by atoms with Crippen molar-refractivity contribution in [3.05, 3.63) is 35.6 Å². The van der Waals surface area contributed by atoms with Crippen LogP contribution in [0.1, 0.15) is 44.1 Å². The summed E-state index contributed by atoms with van der Waals surface area (Å²) in [4.78, 5) is 15.8. The van der Waals surface area contributed by atoms with Crippen LogP contribution in [0.15, 0.2) is 24.3 Å². The molecular weight excluding hydrogens is 345 g/mol. The molecule has 4 rings (SSSR count). The van der Waals surface area contributed by atoms with Crippen LogP contribution < -0.4 is 0 Å². The molecule has 3 aliphatic rings. The lowest BCUT2D eigenvalue weighted by Crippen LogP contribution is -2.52. The number of carbonyl (C=O) groups is 1. The van der Waals surface area contributed by atoms with E-state index in [0.717, 1.165) is 51.1 Å². The standard InChI is InChI=1S/C22H30FNO3/c23-20-5-3-19(4-6-20)22(8-12-26-13-9-22)21(25)24-10-1-2-17(15-24)14-18-7-11-27-16-18/h3-6,17-18H,1-2,7-16H2. The van der Waals surface area contributed by atoms with Crippen molar-refractivity contribution in [2.45, 2.75) is 43.9 Å². The van der Waals surface area contributed by atoms with Gasteiger partial charge in [0.1, 0.15) is 5.82 Å². The summed E-state index contributed by atoms with van der Waals surface area (Å²) < 4.78 is 24.5. The van der Waals surface area contributed by atoms with Gasteiger partial charge in [0.25, 0.3) is 0 Å². The molecule has 2 atom stereocenters. The number of hydrogen-bond donors (Lipinski definition) is 0. The lowest BCUT2D eigenvalue weighted by molar-refractivity contribution is -0.143. The Morgan fingerprint density at radius 2 is 1.85 bits per heavy atom. The molecule has 2 unspecified atom stereocenters. The Balaban J connectivity index is 1.51. The molecule has 3 aliphatic heterocycles. The average molecular weight is 375 g/mol. The number of hydrogen-bond acceptors (Lipinski definition) is 3. The zero-order chi connectivity index (χ0) is 18.7. The fourth-order valence-electron chi connectivity index (χ4n) is 5.10. The van der Waals surface area contributed by atoms with Gasteiger partial charge in [-0.15, -0.1) is 0 Å². The largest absolute Gasteiger partial charge is 0.381 e. The summed E-state index contributed by atoms with van der Waals surface area (Å²) in [6.45, 7) is 4.61. The monoisotopic (exact) mass is 375 g/mol. The van der Waals surface area contributed by atoms with E-state index in [1.54, 1.807) is 12.1 Å². The maximum Gasteiger partial charge on any atom is 0.233 e. The minimum atomic E-state index is -0.565. The van der Waals surface area contributed by atoms with Gasteiger partial charge in [0.05, 0.1) is 5.41 Å². The van der Waals surface area contributed by atoms with Gasteiger partial charge in [0, 0.05) is 39.5 Å². The van der Waals surface area contributed by atoms with Crippen molar-refractivity contribution in [3.8, 4) is 0 Å². The second-order valence-electron chi connectivity index (χ2n) is 8.43. The summed E-state index contributed by atoms with van der Waals surface area (Å²) in [5, 5.41) is 0. The van der Waals surface area contributed by atoms with Crippen LogP contribution in [-0.2, 0) is 19.7 Å². The van der Waals surface area contributed by atoms with Gasteiger partial charge < -0.3 is 14.4 Å². The Bertz CT molecular complexity index is 635. The van der Waals surface area contributed by atoms with Crippen molar-refractivity contribution in [1.29, 1.82) is 0 Å². The van der Waals surface area contributed by atoms with Crippen molar-refractivity contribution in [2.75, 3.05) is 39.5 Å². The van der Waals surface area contributed by atoms with E-state index in [1.807, 2.05) is 0 Å². The average Bonchev–Trinajstić information content (AvgIpc) is 3.22. The highest BCUT2D eigenvalue weighted by atomic mass is 19.1. The zero-order valence-electron chi connectivity index (χ0n) is 16.0. The second-order valence-corrected chi connectivity index (χ2v) is 8.43. The topological polar surface area (TPSA) is 38.8 Å². The van der Waals surface area contributed by atoms with E-state index in [-0.39, 0.29) is 11.7 Å². The molecule has 1 aromatic carbocycles. The Morgan fingerprint density at radius 3 is 2.56 bits per heavy atom. The maximum atomic E-state index is 13.7. The summed E-state index contributed by atoms with van der Waals surface area (Å²) in [6.07, 6.45) is 5.94. The quantitative estimate of drug-likeness (QED) is 0.808. The number of halogens is 1. The van der Waals surface area contributed by atoms with E-state index in [0.29, 0.717) is 37.9 Å². The van der Waals surface area contributed by atoms with E-state index < -0.39 is 5.41 Å². The summed E-state index contributed by atoms with van der Waals surface area (Å²) >= 11 is 0. The summed E-state index contributed by atoms with van der Waals surface area (Å²) in [5.74, 6) is 1.17. The molecule has 0 saturated carbocycles. The molecule has 3 saturated heterocycles. The van der Waals surface area contributed by atoms with Crippen molar-refractivity contribution in [1.82, 2.24) is 4.90 Å². The molecule has 3 heterocycles. The van der Waals surface area contributed by atoms with Crippen LogP contribution >= 0.6 is 0 Å². The second kappa shape index (κ2) is 8.27. The van der Waals surface area contributed by atoms with E-state index in [2.05, 4.69) is 4.90 Å². The minimum Gasteiger partial charge on any atom is -0.381 e. The van der Waals surface area contributed by atoms with Crippen molar-refractivity contribution in [3.63, 3.8) is 0 Å². The smallest absolute Gasteiger partial charge is 0.233 e. The van der Waals surface area contributed by atoms with Crippen LogP contribution in [0.5, 0.6) is 0 Å². The summed E-state index contributed by atoms with van der Waals surface area (Å²) in [5.41, 5.74) is 0.369. The van der Waals surface area contributed by atoms with Gasteiger partial charge in [-0.2, -0.15) is 0 Å².